The molecule has 0 heterocycles. The van der Waals surface area contributed by atoms with Gasteiger partial charge >= 0.3 is 0 Å². The largest absolute Gasteiger partial charge is 0.298 e. The molecule has 0 radical (unpaired) electrons. The van der Waals surface area contributed by atoms with Crippen LogP contribution >= 0.6 is 0 Å². The Morgan fingerprint density at radius 2 is 1.08 bits per heavy atom. The highest BCUT2D eigenvalue weighted by molar-refractivity contribution is 5.81. The van der Waals surface area contributed by atoms with E-state index in [1.165, 1.54) is 16.7 Å². The normalized spacial score (nSPS) is 12.1. The van der Waals surface area contributed by atoms with Crippen molar-refractivity contribution in [3.8, 4) is 0 Å². The Morgan fingerprint density at radius 3 is 1.46 bits per heavy atom. The minimum absolute atomic E-state index is 0.141. The summed E-state index contributed by atoms with van der Waals surface area (Å²) in [5, 5.41) is 0. The Hall–Kier alpha value is -2.71. The molecule has 0 aliphatic rings. The van der Waals surface area contributed by atoms with Crippen LogP contribution in [0.1, 0.15) is 23.6 Å². The zero-order valence-corrected chi connectivity index (χ0v) is 15.2. The first-order chi connectivity index (χ1) is 12.7. The first-order valence-electron chi connectivity index (χ1n) is 9.08. The van der Waals surface area contributed by atoms with Crippen LogP contribution in [0.3, 0.4) is 0 Å². The Morgan fingerprint density at radius 1 is 0.692 bits per heavy atom. The highest BCUT2D eigenvalue weighted by atomic mass is 16.1. The standard InChI is InChI=1S/C24H25NO/c1-20(26)24(17-21-11-5-2-6-12-21)25(18-22-13-7-3-8-14-22)19-23-15-9-4-10-16-23/h2-16,24H,17-19H2,1H3. The highest BCUT2D eigenvalue weighted by Crippen LogP contribution is 2.17. The first kappa shape index (κ1) is 18.1. The van der Waals surface area contributed by atoms with E-state index in [9.17, 15) is 4.79 Å². The smallest absolute Gasteiger partial charge is 0.147 e. The van der Waals surface area contributed by atoms with Crippen LogP contribution in [0.2, 0.25) is 0 Å². The summed E-state index contributed by atoms with van der Waals surface area (Å²) in [4.78, 5) is 14.8. The molecule has 1 unspecified atom stereocenters. The minimum atomic E-state index is -0.141. The van der Waals surface area contributed by atoms with Crippen molar-refractivity contribution in [1.29, 1.82) is 0 Å². The molecule has 1 atom stereocenters. The molecule has 2 nitrogen and oxygen atoms in total. The third-order valence-corrected chi connectivity index (χ3v) is 4.64. The monoisotopic (exact) mass is 343 g/mol. The SMILES string of the molecule is CC(=O)C(Cc1ccccc1)N(Cc1ccccc1)Cc1ccccc1. The lowest BCUT2D eigenvalue weighted by molar-refractivity contribution is -0.122. The van der Waals surface area contributed by atoms with Gasteiger partial charge in [-0.3, -0.25) is 9.69 Å². The lowest BCUT2D eigenvalue weighted by Gasteiger charge is -2.30. The average molecular weight is 343 g/mol. The Labute approximate surface area is 156 Å². The number of hydrogen-bond donors (Lipinski definition) is 0. The van der Waals surface area contributed by atoms with Gasteiger partial charge in [0.1, 0.15) is 5.78 Å². The van der Waals surface area contributed by atoms with Crippen molar-refractivity contribution in [3.05, 3.63) is 108 Å². The molecule has 0 saturated heterocycles. The lowest BCUT2D eigenvalue weighted by atomic mass is 10.00. The fourth-order valence-corrected chi connectivity index (χ4v) is 3.28. The first-order valence-corrected chi connectivity index (χ1v) is 9.08. The lowest BCUT2D eigenvalue weighted by Crippen LogP contribution is -2.41. The molecule has 0 aromatic heterocycles. The fraction of sp³-hybridized carbons (Fsp3) is 0.208. The quantitative estimate of drug-likeness (QED) is 0.580. The number of nitrogens with zero attached hydrogens (tertiary/aromatic N) is 1. The Bertz CT molecular complexity index is 758. The van der Waals surface area contributed by atoms with Crippen molar-refractivity contribution in [1.82, 2.24) is 4.90 Å². The molecular formula is C24H25NO. The van der Waals surface area contributed by atoms with Gasteiger partial charge < -0.3 is 0 Å². The number of ketones is 1. The predicted octanol–water partition coefficient (Wildman–Crippen LogP) is 4.89. The molecule has 0 spiro atoms. The summed E-state index contributed by atoms with van der Waals surface area (Å²) in [5.41, 5.74) is 3.64. The van der Waals surface area contributed by atoms with Crippen LogP contribution in [0.25, 0.3) is 0 Å². The zero-order valence-electron chi connectivity index (χ0n) is 15.2. The molecule has 0 aliphatic heterocycles. The van der Waals surface area contributed by atoms with Crippen molar-refractivity contribution in [2.45, 2.75) is 32.5 Å². The molecule has 3 rings (SSSR count). The van der Waals surface area contributed by atoms with Crippen LogP contribution in [0.4, 0.5) is 0 Å². The summed E-state index contributed by atoms with van der Waals surface area (Å²) in [6.45, 7) is 3.22. The summed E-state index contributed by atoms with van der Waals surface area (Å²) in [6.07, 6.45) is 0.732. The maximum Gasteiger partial charge on any atom is 0.147 e. The van der Waals surface area contributed by atoms with Crippen molar-refractivity contribution in [3.63, 3.8) is 0 Å². The molecule has 26 heavy (non-hydrogen) atoms. The molecular weight excluding hydrogens is 318 g/mol. The van der Waals surface area contributed by atoms with Crippen LogP contribution in [-0.2, 0) is 24.3 Å². The Balaban J connectivity index is 1.86. The third kappa shape index (κ3) is 5.14. The molecule has 0 saturated carbocycles. The molecule has 0 amide bonds. The van der Waals surface area contributed by atoms with Gasteiger partial charge in [-0.15, -0.1) is 0 Å². The highest BCUT2D eigenvalue weighted by Gasteiger charge is 2.23. The maximum absolute atomic E-state index is 12.5. The predicted molar refractivity (Wildman–Crippen MR) is 107 cm³/mol. The molecule has 0 bridgehead atoms. The summed E-state index contributed by atoms with van der Waals surface area (Å²) in [6, 6.07) is 30.9. The van der Waals surface area contributed by atoms with Gasteiger partial charge in [0.05, 0.1) is 6.04 Å². The van der Waals surface area contributed by atoms with Gasteiger partial charge in [0.25, 0.3) is 0 Å². The topological polar surface area (TPSA) is 20.3 Å². The van der Waals surface area contributed by atoms with Gasteiger partial charge in [0, 0.05) is 13.1 Å². The van der Waals surface area contributed by atoms with Gasteiger partial charge in [-0.1, -0.05) is 91.0 Å². The fourth-order valence-electron chi connectivity index (χ4n) is 3.28. The molecule has 0 fully saturated rings. The van der Waals surface area contributed by atoms with Crippen LogP contribution in [0.5, 0.6) is 0 Å². The van der Waals surface area contributed by atoms with Crippen molar-refractivity contribution < 1.29 is 4.79 Å². The number of rotatable bonds is 8. The number of Topliss-reactive ketones (excluding diaryl/α,β-unsaturated/α-hetero) is 1. The van der Waals surface area contributed by atoms with E-state index in [-0.39, 0.29) is 11.8 Å². The van der Waals surface area contributed by atoms with Crippen molar-refractivity contribution in [2.75, 3.05) is 0 Å². The van der Waals surface area contributed by atoms with Crippen molar-refractivity contribution in [2.24, 2.45) is 0 Å². The molecule has 0 N–H and O–H groups in total. The molecule has 132 valence electrons. The summed E-state index contributed by atoms with van der Waals surface area (Å²) in [7, 11) is 0. The van der Waals surface area contributed by atoms with E-state index >= 15 is 0 Å². The number of hydrogen-bond acceptors (Lipinski definition) is 2. The zero-order chi connectivity index (χ0) is 18.2. The van der Waals surface area contributed by atoms with Gasteiger partial charge in [0.2, 0.25) is 0 Å². The summed E-state index contributed by atoms with van der Waals surface area (Å²) >= 11 is 0. The van der Waals surface area contributed by atoms with Gasteiger partial charge in [-0.25, -0.2) is 0 Å². The van der Waals surface area contributed by atoms with E-state index in [0.29, 0.717) is 0 Å². The van der Waals surface area contributed by atoms with E-state index in [1.807, 2.05) is 30.3 Å². The van der Waals surface area contributed by atoms with E-state index in [4.69, 9.17) is 0 Å². The molecule has 3 aromatic carbocycles. The van der Waals surface area contributed by atoms with E-state index in [0.717, 1.165) is 19.5 Å². The maximum atomic E-state index is 12.5. The van der Waals surface area contributed by atoms with Crippen LogP contribution < -0.4 is 0 Å². The second-order valence-electron chi connectivity index (χ2n) is 6.69. The third-order valence-electron chi connectivity index (χ3n) is 4.64. The number of carbonyl (C=O) groups excluding carboxylic acids is 1. The molecule has 3 aromatic rings. The minimum Gasteiger partial charge on any atom is -0.298 e. The van der Waals surface area contributed by atoms with Gasteiger partial charge in [-0.2, -0.15) is 0 Å². The second-order valence-corrected chi connectivity index (χ2v) is 6.69. The Kier molecular flexibility index (Phi) is 6.34. The number of carbonyl (C=O) groups is 1. The molecule has 0 aliphatic carbocycles. The van der Waals surface area contributed by atoms with Crippen LogP contribution in [-0.4, -0.2) is 16.7 Å². The number of benzene rings is 3. The van der Waals surface area contributed by atoms with E-state index in [2.05, 4.69) is 65.6 Å². The average Bonchev–Trinajstić information content (AvgIpc) is 2.68. The summed E-state index contributed by atoms with van der Waals surface area (Å²) in [5.74, 6) is 0.209. The second kappa shape index (κ2) is 9.12. The van der Waals surface area contributed by atoms with E-state index in [1.54, 1.807) is 6.92 Å². The van der Waals surface area contributed by atoms with Crippen LogP contribution in [0.15, 0.2) is 91.0 Å². The van der Waals surface area contributed by atoms with Crippen LogP contribution in [0, 0.1) is 0 Å². The molecule has 2 heteroatoms. The van der Waals surface area contributed by atoms with Gasteiger partial charge in [0.15, 0.2) is 0 Å². The van der Waals surface area contributed by atoms with Crippen molar-refractivity contribution >= 4 is 5.78 Å². The van der Waals surface area contributed by atoms with E-state index < -0.39 is 0 Å². The summed E-state index contributed by atoms with van der Waals surface area (Å²) < 4.78 is 0. The van der Waals surface area contributed by atoms with Gasteiger partial charge in [-0.05, 0) is 30.0 Å².